The Bertz CT molecular complexity index is 3850. The van der Waals surface area contributed by atoms with Crippen LogP contribution in [-0.2, 0) is 0 Å². The predicted molar refractivity (Wildman–Crippen MR) is 258 cm³/mol. The summed E-state index contributed by atoms with van der Waals surface area (Å²) in [7, 11) is 0. The molecule has 13 rings (SSSR count). The Labute approximate surface area is 354 Å². The van der Waals surface area contributed by atoms with Crippen LogP contribution in [-0.4, -0.2) is 0 Å². The Hall–Kier alpha value is -7.86. The highest BCUT2D eigenvalue weighted by Gasteiger charge is 2.22. The lowest BCUT2D eigenvalue weighted by Crippen LogP contribution is -2.09. The largest absolute Gasteiger partial charge is 0.456 e. The van der Waals surface area contributed by atoms with Crippen molar-refractivity contribution < 1.29 is 8.83 Å². The Morgan fingerprint density at radius 1 is 0.311 bits per heavy atom. The third kappa shape index (κ3) is 5.24. The van der Waals surface area contributed by atoms with Gasteiger partial charge in [0.1, 0.15) is 16.7 Å². The van der Waals surface area contributed by atoms with Crippen LogP contribution in [0.1, 0.15) is 0 Å². The lowest BCUT2D eigenvalue weighted by Gasteiger charge is -2.26. The fraction of sp³-hybridized carbons (Fsp3) is 0. The Kier molecular flexibility index (Phi) is 7.44. The van der Waals surface area contributed by atoms with Gasteiger partial charge in [0.05, 0.1) is 5.69 Å². The second-order valence-corrected chi connectivity index (χ2v) is 16.7. The van der Waals surface area contributed by atoms with Crippen molar-refractivity contribution in [2.75, 3.05) is 9.80 Å². The van der Waals surface area contributed by atoms with Crippen molar-refractivity contribution in [2.45, 2.75) is 0 Å². The van der Waals surface area contributed by atoms with Crippen LogP contribution >= 0.6 is 11.3 Å². The molecule has 0 aliphatic rings. The molecule has 286 valence electrons. The van der Waals surface area contributed by atoms with E-state index in [4.69, 9.17) is 8.83 Å². The average Bonchev–Trinajstić information content (AvgIpc) is 4.02. The molecular formula is C56H34N2O2S. The van der Waals surface area contributed by atoms with Crippen molar-refractivity contribution in [1.29, 1.82) is 0 Å². The molecule has 0 spiro atoms. The molecule has 0 radical (unpaired) electrons. The zero-order valence-corrected chi connectivity index (χ0v) is 33.6. The highest BCUT2D eigenvalue weighted by atomic mass is 32.1. The van der Waals surface area contributed by atoms with Crippen LogP contribution in [0.15, 0.2) is 215 Å². The number of thiophene rings is 1. The maximum Gasteiger partial charge on any atom is 0.159 e. The zero-order valence-electron chi connectivity index (χ0n) is 32.7. The van der Waals surface area contributed by atoms with Crippen molar-refractivity contribution in [1.82, 2.24) is 0 Å². The summed E-state index contributed by atoms with van der Waals surface area (Å²) in [5.74, 6) is 0. The fourth-order valence-electron chi connectivity index (χ4n) is 9.50. The molecule has 0 aliphatic heterocycles. The quantitative estimate of drug-likeness (QED) is 0.157. The van der Waals surface area contributed by atoms with E-state index < -0.39 is 0 Å². The normalized spacial score (nSPS) is 11.9. The molecule has 0 N–H and O–H groups in total. The number of hydrogen-bond donors (Lipinski definition) is 0. The summed E-state index contributed by atoms with van der Waals surface area (Å²) >= 11 is 1.87. The predicted octanol–water partition coefficient (Wildman–Crippen LogP) is 17.1. The second kappa shape index (κ2) is 13.3. The van der Waals surface area contributed by atoms with Crippen LogP contribution in [0.5, 0.6) is 0 Å². The van der Waals surface area contributed by atoms with E-state index in [1.54, 1.807) is 0 Å². The summed E-state index contributed by atoms with van der Waals surface area (Å²) in [5.41, 5.74) is 9.89. The number of para-hydroxylation sites is 5. The first-order chi connectivity index (χ1) is 30.2. The lowest BCUT2D eigenvalue weighted by atomic mass is 9.96. The van der Waals surface area contributed by atoms with E-state index in [1.165, 1.54) is 41.7 Å². The van der Waals surface area contributed by atoms with Crippen LogP contribution < -0.4 is 9.80 Å². The molecule has 0 saturated heterocycles. The Morgan fingerprint density at radius 2 is 0.852 bits per heavy atom. The van der Waals surface area contributed by atoms with E-state index in [2.05, 4.69) is 192 Å². The number of nitrogens with zero attached hydrogens (tertiary/aromatic N) is 2. The molecule has 13 aromatic rings. The van der Waals surface area contributed by atoms with E-state index in [1.807, 2.05) is 35.6 Å². The highest BCUT2D eigenvalue weighted by Crippen LogP contribution is 2.49. The molecular weight excluding hydrogens is 765 g/mol. The minimum atomic E-state index is 0.873. The van der Waals surface area contributed by atoms with Gasteiger partial charge in [-0.05, 0) is 95.0 Å². The van der Waals surface area contributed by atoms with Crippen molar-refractivity contribution in [3.05, 3.63) is 206 Å². The summed E-state index contributed by atoms with van der Waals surface area (Å²) in [6.07, 6.45) is 0. The van der Waals surface area contributed by atoms with Gasteiger partial charge in [-0.1, -0.05) is 121 Å². The fourth-order valence-corrected chi connectivity index (χ4v) is 10.8. The molecule has 0 amide bonds. The molecule has 0 saturated carbocycles. The van der Waals surface area contributed by atoms with Crippen molar-refractivity contribution in [3.63, 3.8) is 0 Å². The molecule has 0 atom stereocenters. The van der Waals surface area contributed by atoms with Gasteiger partial charge in [-0.3, -0.25) is 0 Å². The van der Waals surface area contributed by atoms with Gasteiger partial charge in [-0.2, -0.15) is 0 Å². The second-order valence-electron chi connectivity index (χ2n) is 15.6. The molecule has 3 heterocycles. The van der Waals surface area contributed by atoms with Crippen LogP contribution in [0.25, 0.3) is 85.6 Å². The van der Waals surface area contributed by atoms with Gasteiger partial charge in [0.25, 0.3) is 0 Å². The van der Waals surface area contributed by atoms with E-state index in [9.17, 15) is 0 Å². The number of hydrogen-bond acceptors (Lipinski definition) is 5. The SMILES string of the molecule is c1ccc(N(c2ccc3c(c2)oc2ccccc23)c2ccc3c(c2)c2ccccc2c2c4ccc(N(c5ccccc5)c5cccc6c5oc5ccccc56)cc4sc32)cc1. The molecule has 3 aromatic heterocycles. The van der Waals surface area contributed by atoms with Gasteiger partial charge in [-0.15, -0.1) is 11.3 Å². The molecule has 5 heteroatoms. The van der Waals surface area contributed by atoms with Crippen molar-refractivity contribution in [3.8, 4) is 0 Å². The molecule has 61 heavy (non-hydrogen) atoms. The minimum absolute atomic E-state index is 0.873. The third-order valence-electron chi connectivity index (χ3n) is 12.2. The van der Waals surface area contributed by atoms with Crippen LogP contribution in [0.2, 0.25) is 0 Å². The summed E-state index contributed by atoms with van der Waals surface area (Å²) < 4.78 is 15.5. The molecule has 4 nitrogen and oxygen atoms in total. The van der Waals surface area contributed by atoms with Crippen molar-refractivity contribution >= 4 is 131 Å². The summed E-state index contributed by atoms with van der Waals surface area (Å²) in [4.78, 5) is 4.67. The number of anilines is 6. The van der Waals surface area contributed by atoms with E-state index >= 15 is 0 Å². The smallest absolute Gasteiger partial charge is 0.159 e. The Balaban J connectivity index is 1.01. The first kappa shape index (κ1) is 34.0. The van der Waals surface area contributed by atoms with E-state index in [0.29, 0.717) is 0 Å². The van der Waals surface area contributed by atoms with Gasteiger partial charge in [0, 0.05) is 81.6 Å². The molecule has 0 unspecified atom stereocenters. The number of furan rings is 2. The zero-order chi connectivity index (χ0) is 40.0. The number of fused-ring (bicyclic) bond motifs is 14. The molecule has 0 fully saturated rings. The standard InChI is InChI=1S/C56H34N2O2S/c1-3-14-35(15-4-1)57(38-26-29-43-41-19-9-11-24-50(41)59-52(43)33-38)37-27-30-46-48(32-37)40-18-7-8-21-44(40)54-47-31-28-39(34-53(47)61-56(46)54)58(36-16-5-2-6-17-36)49-23-13-22-45-42-20-10-12-25-51(42)60-55(45)49/h1-34H. The molecule has 0 bridgehead atoms. The van der Waals surface area contributed by atoms with Gasteiger partial charge >= 0.3 is 0 Å². The third-order valence-corrected chi connectivity index (χ3v) is 13.4. The van der Waals surface area contributed by atoms with Crippen molar-refractivity contribution in [2.24, 2.45) is 0 Å². The van der Waals surface area contributed by atoms with Gasteiger partial charge < -0.3 is 18.6 Å². The van der Waals surface area contributed by atoms with E-state index in [0.717, 1.165) is 78.0 Å². The van der Waals surface area contributed by atoms with Gasteiger partial charge in [0.15, 0.2) is 5.58 Å². The summed E-state index contributed by atoms with van der Waals surface area (Å²) in [5, 5.41) is 12.0. The highest BCUT2D eigenvalue weighted by molar-refractivity contribution is 7.27. The van der Waals surface area contributed by atoms with Crippen LogP contribution in [0, 0.1) is 0 Å². The summed E-state index contributed by atoms with van der Waals surface area (Å²) in [6, 6.07) is 73.6. The maximum atomic E-state index is 6.61. The summed E-state index contributed by atoms with van der Waals surface area (Å²) in [6.45, 7) is 0. The van der Waals surface area contributed by atoms with Crippen LogP contribution in [0.3, 0.4) is 0 Å². The molecule has 0 aliphatic carbocycles. The Morgan fingerprint density at radius 3 is 1.61 bits per heavy atom. The minimum Gasteiger partial charge on any atom is -0.456 e. The monoisotopic (exact) mass is 798 g/mol. The van der Waals surface area contributed by atoms with E-state index in [-0.39, 0.29) is 0 Å². The van der Waals surface area contributed by atoms with Gasteiger partial charge in [0.2, 0.25) is 0 Å². The lowest BCUT2D eigenvalue weighted by molar-refractivity contribution is 0.668. The topological polar surface area (TPSA) is 32.8 Å². The molecule has 10 aromatic carbocycles. The number of benzene rings is 10. The average molecular weight is 799 g/mol. The van der Waals surface area contributed by atoms with Gasteiger partial charge in [-0.25, -0.2) is 0 Å². The maximum absolute atomic E-state index is 6.61. The first-order valence-corrected chi connectivity index (χ1v) is 21.4. The first-order valence-electron chi connectivity index (χ1n) is 20.6. The van der Waals surface area contributed by atoms with Crippen LogP contribution in [0.4, 0.5) is 34.1 Å². The number of rotatable bonds is 6.